The Morgan fingerprint density at radius 2 is 2.05 bits per heavy atom. The maximum Gasteiger partial charge on any atom is 0.227 e. The molecule has 0 aliphatic rings. The first kappa shape index (κ1) is 13.2. The van der Waals surface area contributed by atoms with E-state index in [1.165, 1.54) is 12.1 Å². The first-order valence-electron chi connectivity index (χ1n) is 6.49. The molecule has 0 aliphatic carbocycles. The number of anilines is 1. The fourth-order valence-electron chi connectivity index (χ4n) is 1.97. The number of hydrogen-bond acceptors (Lipinski definition) is 5. The van der Waals surface area contributed by atoms with Crippen LogP contribution in [-0.4, -0.2) is 15.1 Å². The molecule has 0 aliphatic heterocycles. The van der Waals surface area contributed by atoms with Gasteiger partial charge in [0.1, 0.15) is 11.5 Å². The number of benzene rings is 1. The van der Waals surface area contributed by atoms with Crippen molar-refractivity contribution < 1.29 is 8.91 Å². The summed E-state index contributed by atoms with van der Waals surface area (Å²) in [5, 5.41) is 3.85. The Morgan fingerprint density at radius 1 is 1.14 bits per heavy atom. The van der Waals surface area contributed by atoms with E-state index >= 15 is 0 Å². The van der Waals surface area contributed by atoms with Crippen molar-refractivity contribution in [3.63, 3.8) is 0 Å². The molecule has 3 aromatic rings. The number of pyridine rings is 1. The van der Waals surface area contributed by atoms with Gasteiger partial charge in [-0.15, -0.1) is 0 Å². The normalized spacial score (nSPS) is 10.7. The molecule has 0 bridgehead atoms. The van der Waals surface area contributed by atoms with Crippen molar-refractivity contribution in [2.45, 2.75) is 12.8 Å². The van der Waals surface area contributed by atoms with Crippen LogP contribution in [0.4, 0.5) is 10.1 Å². The molecule has 6 heteroatoms. The van der Waals surface area contributed by atoms with Crippen LogP contribution in [0, 0.1) is 5.82 Å². The highest BCUT2D eigenvalue weighted by molar-refractivity contribution is 5.47. The van der Waals surface area contributed by atoms with Gasteiger partial charge in [-0.1, -0.05) is 17.3 Å². The quantitative estimate of drug-likeness (QED) is 0.745. The zero-order valence-corrected chi connectivity index (χ0v) is 11.2. The molecule has 2 N–H and O–H groups in total. The van der Waals surface area contributed by atoms with Gasteiger partial charge in [0, 0.05) is 12.1 Å². The summed E-state index contributed by atoms with van der Waals surface area (Å²) in [5.74, 6) is 0.472. The number of aromatic nitrogens is 3. The van der Waals surface area contributed by atoms with Crippen molar-refractivity contribution in [3.05, 3.63) is 59.9 Å². The van der Waals surface area contributed by atoms with Crippen LogP contribution in [0.25, 0.3) is 11.5 Å². The second-order valence-corrected chi connectivity index (χ2v) is 4.62. The smallest absolute Gasteiger partial charge is 0.227 e. The lowest BCUT2D eigenvalue weighted by Crippen LogP contribution is -1.93. The maximum absolute atomic E-state index is 12.8. The van der Waals surface area contributed by atoms with E-state index in [0.29, 0.717) is 23.8 Å². The molecule has 5 nitrogen and oxygen atoms in total. The molecule has 2 heterocycles. The van der Waals surface area contributed by atoms with E-state index in [1.54, 1.807) is 0 Å². The van der Waals surface area contributed by atoms with Crippen molar-refractivity contribution in [1.29, 1.82) is 0 Å². The van der Waals surface area contributed by atoms with E-state index in [1.807, 2.05) is 24.3 Å². The predicted molar refractivity (Wildman–Crippen MR) is 75.7 cm³/mol. The van der Waals surface area contributed by atoms with Crippen LogP contribution in [0.2, 0.25) is 0 Å². The molecule has 21 heavy (non-hydrogen) atoms. The van der Waals surface area contributed by atoms with Gasteiger partial charge in [0.2, 0.25) is 11.7 Å². The highest BCUT2D eigenvalue weighted by Gasteiger charge is 2.10. The third-order valence-corrected chi connectivity index (χ3v) is 3.00. The molecule has 0 saturated heterocycles. The Morgan fingerprint density at radius 3 is 2.81 bits per heavy atom. The largest absolute Gasteiger partial charge is 0.399 e. The summed E-state index contributed by atoms with van der Waals surface area (Å²) in [5.41, 5.74) is 8.05. The highest BCUT2D eigenvalue weighted by Crippen LogP contribution is 2.15. The third-order valence-electron chi connectivity index (χ3n) is 3.00. The van der Waals surface area contributed by atoms with Crippen molar-refractivity contribution >= 4 is 5.69 Å². The molecule has 0 saturated carbocycles. The Hall–Kier alpha value is -2.76. The van der Waals surface area contributed by atoms with Crippen LogP contribution in [-0.2, 0) is 12.8 Å². The fraction of sp³-hybridized carbons (Fsp3) is 0.133. The molecule has 1 aromatic carbocycles. The first-order chi connectivity index (χ1) is 10.2. The molecule has 0 atom stereocenters. The van der Waals surface area contributed by atoms with Gasteiger partial charge in [0.15, 0.2) is 0 Å². The minimum absolute atomic E-state index is 0.359. The van der Waals surface area contributed by atoms with E-state index in [0.717, 1.165) is 23.9 Å². The summed E-state index contributed by atoms with van der Waals surface area (Å²) < 4.78 is 18.0. The van der Waals surface area contributed by atoms with Crippen LogP contribution < -0.4 is 5.73 Å². The van der Waals surface area contributed by atoms with Crippen LogP contribution in [0.5, 0.6) is 0 Å². The first-order valence-corrected chi connectivity index (χ1v) is 6.49. The number of nitrogens with zero attached hydrogens (tertiary/aromatic N) is 3. The number of rotatable bonds is 4. The lowest BCUT2D eigenvalue weighted by atomic mass is 10.1. The van der Waals surface area contributed by atoms with Gasteiger partial charge in [-0.05, 0) is 36.2 Å². The minimum Gasteiger partial charge on any atom is -0.399 e. The average Bonchev–Trinajstić information content (AvgIpc) is 2.95. The maximum atomic E-state index is 12.8. The van der Waals surface area contributed by atoms with Gasteiger partial charge in [0.25, 0.3) is 0 Å². The molecular weight excluding hydrogens is 271 g/mol. The van der Waals surface area contributed by atoms with Gasteiger partial charge in [-0.3, -0.25) is 0 Å². The second kappa shape index (κ2) is 5.70. The zero-order chi connectivity index (χ0) is 14.7. The summed E-state index contributed by atoms with van der Waals surface area (Å²) in [7, 11) is 0. The number of hydrogen-bond donors (Lipinski definition) is 1. The van der Waals surface area contributed by atoms with Gasteiger partial charge < -0.3 is 10.3 Å². The molecule has 0 radical (unpaired) electrons. The molecule has 3 rings (SSSR count). The fourth-order valence-corrected chi connectivity index (χ4v) is 1.97. The minimum atomic E-state index is -0.399. The topological polar surface area (TPSA) is 77.8 Å². The Kier molecular flexibility index (Phi) is 3.59. The second-order valence-electron chi connectivity index (χ2n) is 4.62. The lowest BCUT2D eigenvalue weighted by Gasteiger charge is -1.99. The van der Waals surface area contributed by atoms with E-state index in [9.17, 15) is 4.39 Å². The van der Waals surface area contributed by atoms with Gasteiger partial charge in [-0.2, -0.15) is 4.98 Å². The lowest BCUT2D eigenvalue weighted by molar-refractivity contribution is 0.378. The van der Waals surface area contributed by atoms with E-state index < -0.39 is 5.82 Å². The number of aryl methyl sites for hydroxylation is 2. The number of nitrogens with two attached hydrogens (primary N) is 1. The van der Waals surface area contributed by atoms with Gasteiger partial charge in [-0.25, -0.2) is 9.37 Å². The predicted octanol–water partition coefficient (Wildman–Crippen LogP) is 2.64. The SMILES string of the molecule is Nc1cccc(CCc2nc(-c3ccc(F)cn3)no2)c1. The highest BCUT2D eigenvalue weighted by atomic mass is 19.1. The number of nitrogen functional groups attached to an aromatic ring is 1. The van der Waals surface area contributed by atoms with Crippen LogP contribution in [0.15, 0.2) is 47.1 Å². The Balaban J connectivity index is 1.69. The summed E-state index contributed by atoms with van der Waals surface area (Å²) in [6.07, 6.45) is 2.49. The van der Waals surface area contributed by atoms with Crippen molar-refractivity contribution in [1.82, 2.24) is 15.1 Å². The monoisotopic (exact) mass is 284 g/mol. The molecule has 0 fully saturated rings. The third kappa shape index (κ3) is 3.22. The van der Waals surface area contributed by atoms with Crippen molar-refractivity contribution in [2.24, 2.45) is 0 Å². The van der Waals surface area contributed by atoms with E-state index in [4.69, 9.17) is 10.3 Å². The standard InChI is InChI=1S/C15H13FN4O/c16-11-5-6-13(18-9-11)15-19-14(21-20-15)7-4-10-2-1-3-12(17)8-10/h1-3,5-6,8-9H,4,7,17H2. The molecule has 2 aromatic heterocycles. The van der Waals surface area contributed by atoms with Gasteiger partial charge >= 0.3 is 0 Å². The van der Waals surface area contributed by atoms with Crippen molar-refractivity contribution in [3.8, 4) is 11.5 Å². The molecule has 0 unspecified atom stereocenters. The van der Waals surface area contributed by atoms with E-state index in [2.05, 4.69) is 15.1 Å². The zero-order valence-electron chi connectivity index (χ0n) is 11.2. The summed E-state index contributed by atoms with van der Waals surface area (Å²) in [4.78, 5) is 8.17. The average molecular weight is 284 g/mol. The molecule has 0 amide bonds. The van der Waals surface area contributed by atoms with E-state index in [-0.39, 0.29) is 0 Å². The summed E-state index contributed by atoms with van der Waals surface area (Å²) >= 11 is 0. The number of halogens is 1. The summed E-state index contributed by atoms with van der Waals surface area (Å²) in [6.45, 7) is 0. The molecular formula is C15H13FN4O. The van der Waals surface area contributed by atoms with Crippen LogP contribution in [0.3, 0.4) is 0 Å². The summed E-state index contributed by atoms with van der Waals surface area (Å²) in [6, 6.07) is 10.5. The molecule has 106 valence electrons. The molecule has 0 spiro atoms. The van der Waals surface area contributed by atoms with Crippen molar-refractivity contribution in [2.75, 3.05) is 5.73 Å². The Bertz CT molecular complexity index is 739. The van der Waals surface area contributed by atoms with Gasteiger partial charge in [0.05, 0.1) is 6.20 Å². The Labute approximate surface area is 120 Å². The van der Waals surface area contributed by atoms with Crippen LogP contribution in [0.1, 0.15) is 11.5 Å². The van der Waals surface area contributed by atoms with Crippen LogP contribution >= 0.6 is 0 Å².